The highest BCUT2D eigenvalue weighted by Gasteiger charge is 2.24. The van der Waals surface area contributed by atoms with Gasteiger partial charge in [0.25, 0.3) is 0 Å². The molecule has 0 aliphatic carbocycles. The predicted octanol–water partition coefficient (Wildman–Crippen LogP) is 1.38. The molecule has 4 heteroatoms. The third kappa shape index (κ3) is 3.01. The molecule has 0 radical (unpaired) electrons. The molecule has 0 amide bonds. The maximum Gasteiger partial charge on any atom is 0.161 e. The number of rotatable bonds is 2. The number of likely N-dealkylation sites (N-methyl/N-ethyl adjacent to an activating group) is 1. The topological polar surface area (TPSA) is 24.9 Å². The normalized spacial score (nSPS) is 24.4. The zero-order valence-corrected chi connectivity index (χ0v) is 11.8. The predicted molar refractivity (Wildman–Crippen MR) is 75.0 cm³/mol. The van der Waals surface area contributed by atoms with Crippen molar-refractivity contribution in [2.45, 2.75) is 13.0 Å². The highest BCUT2D eigenvalue weighted by Crippen LogP contribution is 2.32. The fraction of sp³-hybridized carbons (Fsp3) is 0.600. The average Bonchev–Trinajstić information content (AvgIpc) is 2.42. The summed E-state index contributed by atoms with van der Waals surface area (Å²) in [6, 6.07) is 6.13. The third-order valence-corrected chi connectivity index (χ3v) is 3.88. The molecule has 3 rings (SSSR count). The molecule has 1 unspecified atom stereocenters. The van der Waals surface area contributed by atoms with E-state index in [-0.39, 0.29) is 6.10 Å². The first kappa shape index (κ1) is 12.8. The van der Waals surface area contributed by atoms with E-state index < -0.39 is 0 Å². The maximum atomic E-state index is 6.04. The van der Waals surface area contributed by atoms with Crippen LogP contribution in [0.25, 0.3) is 0 Å². The summed E-state index contributed by atoms with van der Waals surface area (Å²) in [6.45, 7) is 8.21. The van der Waals surface area contributed by atoms with Crippen LogP contribution in [0.3, 0.4) is 0 Å². The minimum atomic E-state index is 0.151. The highest BCUT2D eigenvalue weighted by molar-refractivity contribution is 5.43. The molecule has 0 spiro atoms. The molecule has 19 heavy (non-hydrogen) atoms. The van der Waals surface area contributed by atoms with Crippen molar-refractivity contribution in [3.63, 3.8) is 0 Å². The zero-order chi connectivity index (χ0) is 13.2. The molecule has 0 saturated carbocycles. The van der Waals surface area contributed by atoms with Crippen molar-refractivity contribution in [2.75, 3.05) is 46.4 Å². The van der Waals surface area contributed by atoms with Crippen LogP contribution in [0, 0.1) is 6.92 Å². The molecule has 0 bridgehead atoms. The second-order valence-corrected chi connectivity index (χ2v) is 5.60. The maximum absolute atomic E-state index is 6.04. The van der Waals surface area contributed by atoms with Gasteiger partial charge >= 0.3 is 0 Å². The van der Waals surface area contributed by atoms with Gasteiger partial charge in [0.05, 0.1) is 0 Å². The highest BCUT2D eigenvalue weighted by atomic mass is 16.6. The number of hydrogen-bond acceptors (Lipinski definition) is 4. The van der Waals surface area contributed by atoms with E-state index in [0.29, 0.717) is 6.61 Å². The van der Waals surface area contributed by atoms with Gasteiger partial charge in [-0.2, -0.15) is 0 Å². The molecule has 1 aromatic rings. The van der Waals surface area contributed by atoms with Crippen LogP contribution in [0.5, 0.6) is 11.5 Å². The molecule has 1 atom stereocenters. The average molecular weight is 262 g/mol. The standard InChI is InChI=1S/C15H22N2O2/c1-12-3-4-14-15(9-12)18-11-13(19-14)10-17-7-5-16(2)6-8-17/h3-4,9,13H,5-8,10-11H2,1-2H3. The summed E-state index contributed by atoms with van der Waals surface area (Å²) in [5.74, 6) is 1.77. The number of aryl methyl sites for hydroxylation is 1. The SMILES string of the molecule is Cc1ccc2c(c1)OCC(CN1CCN(C)CC1)O2. The van der Waals surface area contributed by atoms with Gasteiger partial charge in [-0.15, -0.1) is 0 Å². The summed E-state index contributed by atoms with van der Waals surface area (Å²) >= 11 is 0. The molecule has 2 aliphatic rings. The molecule has 104 valence electrons. The Morgan fingerprint density at radius 3 is 2.74 bits per heavy atom. The Balaban J connectivity index is 1.58. The van der Waals surface area contributed by atoms with Gasteiger partial charge in [-0.05, 0) is 31.7 Å². The van der Waals surface area contributed by atoms with E-state index in [4.69, 9.17) is 9.47 Å². The second kappa shape index (κ2) is 5.39. The molecule has 2 aliphatic heterocycles. The zero-order valence-electron chi connectivity index (χ0n) is 11.8. The van der Waals surface area contributed by atoms with Gasteiger partial charge in [-0.3, -0.25) is 4.90 Å². The Kier molecular flexibility index (Phi) is 3.62. The molecule has 0 N–H and O–H groups in total. The van der Waals surface area contributed by atoms with Crippen LogP contribution in [0.1, 0.15) is 5.56 Å². The Morgan fingerprint density at radius 1 is 1.16 bits per heavy atom. The van der Waals surface area contributed by atoms with Crippen molar-refractivity contribution >= 4 is 0 Å². The van der Waals surface area contributed by atoms with Gasteiger partial charge in [0.15, 0.2) is 11.5 Å². The van der Waals surface area contributed by atoms with Crippen molar-refractivity contribution in [3.05, 3.63) is 23.8 Å². The largest absolute Gasteiger partial charge is 0.486 e. The van der Waals surface area contributed by atoms with E-state index in [0.717, 1.165) is 44.2 Å². The molecule has 1 fully saturated rings. The van der Waals surface area contributed by atoms with E-state index in [2.05, 4.69) is 29.8 Å². The van der Waals surface area contributed by atoms with Crippen LogP contribution >= 0.6 is 0 Å². The van der Waals surface area contributed by atoms with Crippen LogP contribution in [0.15, 0.2) is 18.2 Å². The molecular weight excluding hydrogens is 240 g/mol. The minimum Gasteiger partial charge on any atom is -0.486 e. The Labute approximate surface area is 114 Å². The molecule has 1 saturated heterocycles. The summed E-state index contributed by atoms with van der Waals surface area (Å²) in [5, 5.41) is 0. The van der Waals surface area contributed by atoms with E-state index in [9.17, 15) is 0 Å². The van der Waals surface area contributed by atoms with Crippen molar-refractivity contribution in [3.8, 4) is 11.5 Å². The number of nitrogens with zero attached hydrogens (tertiary/aromatic N) is 2. The van der Waals surface area contributed by atoms with Gasteiger partial charge in [-0.1, -0.05) is 6.07 Å². The summed E-state index contributed by atoms with van der Waals surface area (Å²) in [5.41, 5.74) is 1.21. The second-order valence-electron chi connectivity index (χ2n) is 5.60. The Bertz CT molecular complexity index is 442. The van der Waals surface area contributed by atoms with Crippen LogP contribution in [-0.4, -0.2) is 62.3 Å². The lowest BCUT2D eigenvalue weighted by atomic mass is 10.2. The van der Waals surface area contributed by atoms with E-state index >= 15 is 0 Å². The van der Waals surface area contributed by atoms with E-state index in [1.54, 1.807) is 0 Å². The van der Waals surface area contributed by atoms with Crippen molar-refractivity contribution in [1.82, 2.24) is 9.80 Å². The monoisotopic (exact) mass is 262 g/mol. The van der Waals surface area contributed by atoms with E-state index in [1.165, 1.54) is 5.56 Å². The smallest absolute Gasteiger partial charge is 0.161 e. The van der Waals surface area contributed by atoms with Crippen LogP contribution in [-0.2, 0) is 0 Å². The number of hydrogen-bond donors (Lipinski definition) is 0. The molecule has 1 aromatic carbocycles. The Morgan fingerprint density at radius 2 is 1.95 bits per heavy atom. The first-order valence-corrected chi connectivity index (χ1v) is 7.02. The lowest BCUT2D eigenvalue weighted by Crippen LogP contribution is -2.49. The first-order valence-electron chi connectivity index (χ1n) is 7.02. The third-order valence-electron chi connectivity index (χ3n) is 3.88. The van der Waals surface area contributed by atoms with Crippen LogP contribution in [0.2, 0.25) is 0 Å². The quantitative estimate of drug-likeness (QED) is 0.804. The Hall–Kier alpha value is -1.26. The lowest BCUT2D eigenvalue weighted by molar-refractivity contribution is 0.0440. The van der Waals surface area contributed by atoms with Gasteiger partial charge in [-0.25, -0.2) is 0 Å². The van der Waals surface area contributed by atoms with Gasteiger partial charge in [0, 0.05) is 32.7 Å². The van der Waals surface area contributed by atoms with Gasteiger partial charge in [0.1, 0.15) is 12.7 Å². The van der Waals surface area contributed by atoms with Crippen LogP contribution < -0.4 is 9.47 Å². The van der Waals surface area contributed by atoms with Crippen molar-refractivity contribution < 1.29 is 9.47 Å². The molecule has 0 aromatic heterocycles. The van der Waals surface area contributed by atoms with Gasteiger partial charge in [0.2, 0.25) is 0 Å². The lowest BCUT2D eigenvalue weighted by Gasteiger charge is -2.36. The fourth-order valence-corrected chi connectivity index (χ4v) is 2.63. The summed E-state index contributed by atoms with van der Waals surface area (Å²) in [7, 11) is 2.18. The van der Waals surface area contributed by atoms with Crippen LogP contribution in [0.4, 0.5) is 0 Å². The first-order chi connectivity index (χ1) is 9.20. The molecule has 2 heterocycles. The molecule has 4 nitrogen and oxygen atoms in total. The summed E-state index contributed by atoms with van der Waals surface area (Å²) < 4.78 is 11.9. The van der Waals surface area contributed by atoms with E-state index in [1.807, 2.05) is 12.1 Å². The number of fused-ring (bicyclic) bond motifs is 1. The summed E-state index contributed by atoms with van der Waals surface area (Å²) in [6.07, 6.45) is 0.151. The number of benzene rings is 1. The number of piperazine rings is 1. The number of ether oxygens (including phenoxy) is 2. The minimum absolute atomic E-state index is 0.151. The van der Waals surface area contributed by atoms with Gasteiger partial charge < -0.3 is 14.4 Å². The fourth-order valence-electron chi connectivity index (χ4n) is 2.63. The molecular formula is C15H22N2O2. The van der Waals surface area contributed by atoms with Crippen molar-refractivity contribution in [2.24, 2.45) is 0 Å². The summed E-state index contributed by atoms with van der Waals surface area (Å²) in [4.78, 5) is 4.83. The van der Waals surface area contributed by atoms with Crippen molar-refractivity contribution in [1.29, 1.82) is 0 Å².